The number of unbranched alkanes of at least 4 members (excludes halogenated alkanes) is 27. The molecule has 0 amide bonds. The van der Waals surface area contributed by atoms with Gasteiger partial charge >= 0.3 is 17.9 Å². The van der Waals surface area contributed by atoms with E-state index < -0.39 is 6.10 Å². The van der Waals surface area contributed by atoms with Gasteiger partial charge < -0.3 is 14.2 Å². The van der Waals surface area contributed by atoms with Crippen LogP contribution in [0, 0.1) is 0 Å². The maximum absolute atomic E-state index is 12.8. The van der Waals surface area contributed by atoms with Crippen molar-refractivity contribution in [1.82, 2.24) is 0 Å². The Kier molecular flexibility index (Phi) is 49.4. The minimum atomic E-state index is -0.782. The van der Waals surface area contributed by atoms with Gasteiger partial charge in [0.2, 0.25) is 0 Å². The molecule has 0 aromatic rings. The summed E-state index contributed by atoms with van der Waals surface area (Å²) < 4.78 is 16.8. The van der Waals surface area contributed by atoms with Crippen LogP contribution in [0.2, 0.25) is 0 Å². The average Bonchev–Trinajstić information content (AvgIpc) is 3.28. The van der Waals surface area contributed by atoms with Crippen molar-refractivity contribution in [1.29, 1.82) is 0 Å². The first-order chi connectivity index (χ1) is 31.0. The largest absolute Gasteiger partial charge is 0.462 e. The first-order valence-electron chi connectivity index (χ1n) is 26.8. The zero-order valence-corrected chi connectivity index (χ0v) is 41.6. The highest BCUT2D eigenvalue weighted by Gasteiger charge is 2.19. The molecular weight excluding hydrogens is 781 g/mol. The fourth-order valence-corrected chi connectivity index (χ4v) is 7.49. The Morgan fingerprint density at radius 3 is 1.00 bits per heavy atom. The fourth-order valence-electron chi connectivity index (χ4n) is 7.49. The minimum absolute atomic E-state index is 0.0807. The van der Waals surface area contributed by atoms with Gasteiger partial charge in [-0.2, -0.15) is 0 Å². The molecule has 0 saturated heterocycles. The van der Waals surface area contributed by atoms with Crippen LogP contribution in [0.5, 0.6) is 0 Å². The monoisotopic (exact) mass is 881 g/mol. The second-order valence-corrected chi connectivity index (χ2v) is 17.8. The van der Waals surface area contributed by atoms with E-state index in [1.807, 2.05) is 0 Å². The van der Waals surface area contributed by atoms with Gasteiger partial charge in [-0.1, -0.05) is 223 Å². The van der Waals surface area contributed by atoms with Crippen LogP contribution >= 0.6 is 0 Å². The molecule has 1 unspecified atom stereocenters. The van der Waals surface area contributed by atoms with E-state index in [2.05, 4.69) is 81.5 Å². The molecule has 0 aromatic heterocycles. The highest BCUT2D eigenvalue weighted by molar-refractivity contribution is 5.71. The molecule has 6 nitrogen and oxygen atoms in total. The first-order valence-corrected chi connectivity index (χ1v) is 26.8. The van der Waals surface area contributed by atoms with Crippen LogP contribution in [0.15, 0.2) is 60.8 Å². The van der Waals surface area contributed by atoms with Crippen molar-refractivity contribution in [3.63, 3.8) is 0 Å². The Morgan fingerprint density at radius 1 is 0.333 bits per heavy atom. The smallest absolute Gasteiger partial charge is 0.306 e. The van der Waals surface area contributed by atoms with E-state index in [0.717, 1.165) is 103 Å². The predicted molar refractivity (Wildman–Crippen MR) is 270 cm³/mol. The molecule has 0 radical (unpaired) electrons. The van der Waals surface area contributed by atoms with Crippen LogP contribution < -0.4 is 0 Å². The van der Waals surface area contributed by atoms with Crippen molar-refractivity contribution in [3.8, 4) is 0 Å². The van der Waals surface area contributed by atoms with Gasteiger partial charge in [0.15, 0.2) is 6.10 Å². The number of esters is 3. The third-order valence-electron chi connectivity index (χ3n) is 11.5. The van der Waals surface area contributed by atoms with Crippen molar-refractivity contribution in [2.45, 2.75) is 271 Å². The van der Waals surface area contributed by atoms with Gasteiger partial charge in [0.05, 0.1) is 0 Å². The number of carbonyl (C=O) groups is 3. The lowest BCUT2D eigenvalue weighted by Gasteiger charge is -2.18. The van der Waals surface area contributed by atoms with Crippen molar-refractivity contribution >= 4 is 17.9 Å². The molecular formula is C57H100O6. The standard InChI is InChI=1S/C57H100O6/c1-4-7-10-13-16-19-22-24-26-27-28-29-31-32-35-38-41-44-47-50-56(59)62-53-54(52-61-55(58)49-46-43-40-37-34-21-18-15-12-9-6-3)63-57(60)51-48-45-42-39-36-33-30-25-23-20-17-14-11-8-5-2/h8,11,16-17,19-20,24-26,30,54H,4-7,9-10,12-15,18,21-23,27-29,31-53H2,1-3H3/b11-8-,19-16-,20-17-,26-24-,30-25-. The predicted octanol–water partition coefficient (Wildman–Crippen LogP) is 17.6. The van der Waals surface area contributed by atoms with E-state index in [0.29, 0.717) is 19.3 Å². The summed E-state index contributed by atoms with van der Waals surface area (Å²) in [6.07, 6.45) is 63.4. The van der Waals surface area contributed by atoms with Gasteiger partial charge in [0, 0.05) is 19.3 Å². The zero-order chi connectivity index (χ0) is 45.8. The Morgan fingerprint density at radius 2 is 0.619 bits per heavy atom. The molecule has 0 spiro atoms. The third-order valence-corrected chi connectivity index (χ3v) is 11.5. The molecule has 0 aliphatic rings. The fraction of sp³-hybridized carbons (Fsp3) is 0.772. The molecule has 0 N–H and O–H groups in total. The number of hydrogen-bond acceptors (Lipinski definition) is 6. The Hall–Kier alpha value is -2.89. The number of carbonyl (C=O) groups excluding carboxylic acids is 3. The first kappa shape index (κ1) is 60.1. The number of hydrogen-bond donors (Lipinski definition) is 0. The van der Waals surface area contributed by atoms with E-state index >= 15 is 0 Å². The molecule has 0 saturated carbocycles. The van der Waals surface area contributed by atoms with E-state index in [1.54, 1.807) is 0 Å². The topological polar surface area (TPSA) is 78.9 Å². The van der Waals surface area contributed by atoms with Crippen LogP contribution in [0.3, 0.4) is 0 Å². The highest BCUT2D eigenvalue weighted by atomic mass is 16.6. The van der Waals surface area contributed by atoms with E-state index in [4.69, 9.17) is 14.2 Å². The molecule has 0 aromatic carbocycles. The molecule has 0 aliphatic carbocycles. The number of rotatable bonds is 48. The lowest BCUT2D eigenvalue weighted by atomic mass is 10.1. The molecule has 1 atom stereocenters. The summed E-state index contributed by atoms with van der Waals surface area (Å²) in [5.41, 5.74) is 0. The van der Waals surface area contributed by atoms with Crippen molar-refractivity contribution < 1.29 is 28.6 Å². The molecule has 0 fully saturated rings. The molecule has 63 heavy (non-hydrogen) atoms. The lowest BCUT2D eigenvalue weighted by molar-refractivity contribution is -0.167. The van der Waals surface area contributed by atoms with Crippen LogP contribution in [0.4, 0.5) is 0 Å². The normalized spacial score (nSPS) is 12.5. The maximum atomic E-state index is 12.8. The number of ether oxygens (including phenoxy) is 3. The van der Waals surface area contributed by atoms with Crippen molar-refractivity contribution in [3.05, 3.63) is 60.8 Å². The van der Waals surface area contributed by atoms with Gasteiger partial charge in [0.25, 0.3) is 0 Å². The van der Waals surface area contributed by atoms with Gasteiger partial charge in [-0.15, -0.1) is 0 Å². The third kappa shape index (κ3) is 50.0. The van der Waals surface area contributed by atoms with Crippen molar-refractivity contribution in [2.75, 3.05) is 13.2 Å². The maximum Gasteiger partial charge on any atom is 0.306 e. The SMILES string of the molecule is CC/C=C\C/C=C\C/C=C\CCCCCCCC(=O)OC(COC(=O)CCCCCCCCCCC/C=C\C/C=C\CCCCC)COC(=O)CCCCCCCCCCCCC. The van der Waals surface area contributed by atoms with Gasteiger partial charge in [-0.3, -0.25) is 14.4 Å². The van der Waals surface area contributed by atoms with Gasteiger partial charge in [-0.25, -0.2) is 0 Å². The molecule has 6 heteroatoms. The highest BCUT2D eigenvalue weighted by Crippen LogP contribution is 2.15. The van der Waals surface area contributed by atoms with E-state index in [-0.39, 0.29) is 31.1 Å². The van der Waals surface area contributed by atoms with E-state index in [9.17, 15) is 14.4 Å². The molecule has 0 rings (SSSR count). The molecule has 0 heterocycles. The zero-order valence-electron chi connectivity index (χ0n) is 41.6. The van der Waals surface area contributed by atoms with E-state index in [1.165, 1.54) is 122 Å². The Labute approximate surface area is 390 Å². The second-order valence-electron chi connectivity index (χ2n) is 17.8. The van der Waals surface area contributed by atoms with Crippen LogP contribution in [-0.2, 0) is 28.6 Å². The van der Waals surface area contributed by atoms with Gasteiger partial charge in [-0.05, 0) is 83.5 Å². The van der Waals surface area contributed by atoms with Crippen LogP contribution in [0.1, 0.15) is 265 Å². The number of allylic oxidation sites excluding steroid dienone is 10. The quantitative estimate of drug-likeness (QED) is 0.0262. The molecule has 0 aliphatic heterocycles. The Balaban J connectivity index is 4.35. The van der Waals surface area contributed by atoms with Gasteiger partial charge in [0.1, 0.15) is 13.2 Å². The molecule has 364 valence electrons. The van der Waals surface area contributed by atoms with Crippen LogP contribution in [0.25, 0.3) is 0 Å². The summed E-state index contributed by atoms with van der Waals surface area (Å²) >= 11 is 0. The summed E-state index contributed by atoms with van der Waals surface area (Å²) in [5, 5.41) is 0. The average molecular weight is 881 g/mol. The summed E-state index contributed by atoms with van der Waals surface area (Å²) in [4.78, 5) is 38.0. The summed E-state index contributed by atoms with van der Waals surface area (Å²) in [5.74, 6) is -0.896. The summed E-state index contributed by atoms with van der Waals surface area (Å²) in [7, 11) is 0. The summed E-state index contributed by atoms with van der Waals surface area (Å²) in [6, 6.07) is 0. The second kappa shape index (κ2) is 51.7. The minimum Gasteiger partial charge on any atom is -0.462 e. The Bertz CT molecular complexity index is 1150. The summed E-state index contributed by atoms with van der Waals surface area (Å²) in [6.45, 7) is 6.49. The molecule has 0 bridgehead atoms. The van der Waals surface area contributed by atoms with Crippen molar-refractivity contribution in [2.24, 2.45) is 0 Å². The van der Waals surface area contributed by atoms with Crippen LogP contribution in [-0.4, -0.2) is 37.2 Å². The lowest BCUT2D eigenvalue weighted by Crippen LogP contribution is -2.30.